The lowest BCUT2D eigenvalue weighted by atomic mass is 9.92. The predicted molar refractivity (Wildman–Crippen MR) is 49.4 cm³/mol. The van der Waals surface area contributed by atoms with Crippen LogP contribution in [0.4, 0.5) is 0 Å². The third-order valence-corrected chi connectivity index (χ3v) is 2.07. The minimum absolute atomic E-state index is 0.585. The standard InChI is InChI=1S/C10H19NO/c1-4-10(7-9(2)3)5-6-12-8-11/h9-10H,4-7H2,1-3H3. The van der Waals surface area contributed by atoms with Gasteiger partial charge in [-0.1, -0.05) is 27.2 Å². The van der Waals surface area contributed by atoms with Crippen LogP contribution in [0.2, 0.25) is 0 Å². The molecule has 0 saturated heterocycles. The lowest BCUT2D eigenvalue weighted by Gasteiger charge is -2.15. The molecule has 12 heavy (non-hydrogen) atoms. The van der Waals surface area contributed by atoms with Crippen molar-refractivity contribution in [3.63, 3.8) is 0 Å². The van der Waals surface area contributed by atoms with Gasteiger partial charge in [0, 0.05) is 0 Å². The summed E-state index contributed by atoms with van der Waals surface area (Å²) >= 11 is 0. The van der Waals surface area contributed by atoms with E-state index < -0.39 is 0 Å². The Morgan fingerprint density at radius 3 is 2.50 bits per heavy atom. The van der Waals surface area contributed by atoms with Gasteiger partial charge in [-0.05, 0) is 24.7 Å². The maximum absolute atomic E-state index is 8.16. The van der Waals surface area contributed by atoms with Gasteiger partial charge in [-0.15, -0.1) is 0 Å². The van der Waals surface area contributed by atoms with Crippen molar-refractivity contribution in [1.29, 1.82) is 5.26 Å². The van der Waals surface area contributed by atoms with Crippen LogP contribution in [0.1, 0.15) is 40.0 Å². The van der Waals surface area contributed by atoms with Gasteiger partial charge < -0.3 is 4.74 Å². The number of nitriles is 1. The van der Waals surface area contributed by atoms with Crippen LogP contribution in [0, 0.1) is 23.4 Å². The molecule has 0 aromatic rings. The van der Waals surface area contributed by atoms with E-state index in [0.29, 0.717) is 6.61 Å². The van der Waals surface area contributed by atoms with Crippen molar-refractivity contribution >= 4 is 0 Å². The van der Waals surface area contributed by atoms with Gasteiger partial charge in [0.25, 0.3) is 6.26 Å². The summed E-state index contributed by atoms with van der Waals surface area (Å²) < 4.78 is 4.65. The van der Waals surface area contributed by atoms with E-state index in [9.17, 15) is 0 Å². The van der Waals surface area contributed by atoms with Gasteiger partial charge in [0.15, 0.2) is 0 Å². The second-order valence-electron chi connectivity index (χ2n) is 3.63. The van der Waals surface area contributed by atoms with Gasteiger partial charge in [0.1, 0.15) is 6.61 Å². The van der Waals surface area contributed by atoms with E-state index in [-0.39, 0.29) is 0 Å². The number of rotatable bonds is 6. The Balaban J connectivity index is 3.47. The smallest absolute Gasteiger partial charge is 0.286 e. The lowest BCUT2D eigenvalue weighted by molar-refractivity contribution is 0.225. The van der Waals surface area contributed by atoms with Gasteiger partial charge in [0.2, 0.25) is 0 Å². The monoisotopic (exact) mass is 169 g/mol. The van der Waals surface area contributed by atoms with Crippen molar-refractivity contribution in [2.45, 2.75) is 40.0 Å². The Kier molecular flexibility index (Phi) is 6.55. The summed E-state index contributed by atoms with van der Waals surface area (Å²) in [6.07, 6.45) is 5.15. The Morgan fingerprint density at radius 1 is 1.42 bits per heavy atom. The molecule has 0 radical (unpaired) electrons. The van der Waals surface area contributed by atoms with E-state index in [1.54, 1.807) is 6.26 Å². The largest absolute Gasteiger partial charge is 0.428 e. The summed E-state index contributed by atoms with van der Waals surface area (Å²) in [6, 6.07) is 0. The highest BCUT2D eigenvalue weighted by atomic mass is 16.5. The second-order valence-corrected chi connectivity index (χ2v) is 3.63. The number of ether oxygens (including phenoxy) is 1. The van der Waals surface area contributed by atoms with Crippen LogP contribution < -0.4 is 0 Å². The maximum Gasteiger partial charge on any atom is 0.286 e. The van der Waals surface area contributed by atoms with E-state index in [1.807, 2.05) is 0 Å². The fourth-order valence-electron chi connectivity index (χ4n) is 1.43. The minimum Gasteiger partial charge on any atom is -0.428 e. The van der Waals surface area contributed by atoms with E-state index in [0.717, 1.165) is 18.3 Å². The van der Waals surface area contributed by atoms with E-state index in [2.05, 4.69) is 25.5 Å². The summed E-state index contributed by atoms with van der Waals surface area (Å²) in [6.45, 7) is 7.24. The third-order valence-electron chi connectivity index (χ3n) is 2.07. The Hall–Kier alpha value is -0.710. The number of nitrogens with zero attached hydrogens (tertiary/aromatic N) is 1. The van der Waals surface area contributed by atoms with Crippen LogP contribution in [-0.2, 0) is 4.74 Å². The van der Waals surface area contributed by atoms with Gasteiger partial charge >= 0.3 is 0 Å². The first-order chi connectivity index (χ1) is 5.70. The summed E-state index contributed by atoms with van der Waals surface area (Å²) in [4.78, 5) is 0. The maximum atomic E-state index is 8.16. The van der Waals surface area contributed by atoms with Gasteiger partial charge in [-0.2, -0.15) is 5.26 Å². The first-order valence-electron chi connectivity index (χ1n) is 4.71. The van der Waals surface area contributed by atoms with Crippen molar-refractivity contribution in [2.24, 2.45) is 11.8 Å². The van der Waals surface area contributed by atoms with Crippen LogP contribution in [0.15, 0.2) is 0 Å². The van der Waals surface area contributed by atoms with Gasteiger partial charge in [-0.25, -0.2) is 0 Å². The molecule has 0 aliphatic carbocycles. The quantitative estimate of drug-likeness (QED) is 0.452. The van der Waals surface area contributed by atoms with Crippen molar-refractivity contribution < 1.29 is 4.74 Å². The molecule has 0 aliphatic heterocycles. The SMILES string of the molecule is CCC(CCOC#N)CC(C)C. The Morgan fingerprint density at radius 2 is 2.08 bits per heavy atom. The first-order valence-corrected chi connectivity index (χ1v) is 4.71. The lowest BCUT2D eigenvalue weighted by Crippen LogP contribution is -2.06. The minimum atomic E-state index is 0.585. The van der Waals surface area contributed by atoms with Gasteiger partial charge in [0.05, 0.1) is 0 Å². The van der Waals surface area contributed by atoms with Crippen molar-refractivity contribution in [3.05, 3.63) is 0 Å². The molecule has 0 amide bonds. The molecular weight excluding hydrogens is 150 g/mol. The molecule has 0 aromatic heterocycles. The summed E-state index contributed by atoms with van der Waals surface area (Å²) in [7, 11) is 0. The van der Waals surface area contributed by atoms with E-state index in [1.165, 1.54) is 12.8 Å². The molecule has 1 unspecified atom stereocenters. The zero-order chi connectivity index (χ0) is 9.40. The average Bonchev–Trinajstić information content (AvgIpc) is 2.02. The molecule has 0 aromatic carbocycles. The number of hydrogen-bond acceptors (Lipinski definition) is 2. The number of hydrogen-bond donors (Lipinski definition) is 0. The zero-order valence-corrected chi connectivity index (χ0v) is 8.34. The van der Waals surface area contributed by atoms with Crippen molar-refractivity contribution in [3.8, 4) is 6.26 Å². The topological polar surface area (TPSA) is 33.0 Å². The molecule has 70 valence electrons. The van der Waals surface area contributed by atoms with Crippen LogP contribution in [0.25, 0.3) is 0 Å². The molecule has 0 rings (SSSR count). The molecular formula is C10H19NO. The molecule has 0 bridgehead atoms. The molecule has 2 heteroatoms. The van der Waals surface area contributed by atoms with Crippen molar-refractivity contribution in [1.82, 2.24) is 0 Å². The second kappa shape index (κ2) is 6.97. The highest BCUT2D eigenvalue weighted by Crippen LogP contribution is 2.18. The normalized spacial score (nSPS) is 12.6. The van der Waals surface area contributed by atoms with Crippen LogP contribution in [-0.4, -0.2) is 6.61 Å². The highest BCUT2D eigenvalue weighted by molar-refractivity contribution is 4.60. The summed E-state index contributed by atoms with van der Waals surface area (Å²) in [5.74, 6) is 1.47. The van der Waals surface area contributed by atoms with Crippen LogP contribution in [0.5, 0.6) is 0 Å². The summed E-state index contributed by atoms with van der Waals surface area (Å²) in [5, 5.41) is 8.16. The summed E-state index contributed by atoms with van der Waals surface area (Å²) in [5.41, 5.74) is 0. The Labute approximate surface area is 75.5 Å². The molecule has 0 saturated carbocycles. The molecule has 0 N–H and O–H groups in total. The average molecular weight is 169 g/mol. The third kappa shape index (κ3) is 6.03. The van der Waals surface area contributed by atoms with E-state index in [4.69, 9.17) is 5.26 Å². The molecule has 0 fully saturated rings. The fraction of sp³-hybridized carbons (Fsp3) is 0.900. The highest BCUT2D eigenvalue weighted by Gasteiger charge is 2.08. The molecule has 0 spiro atoms. The molecule has 0 heterocycles. The molecule has 1 atom stereocenters. The molecule has 2 nitrogen and oxygen atoms in total. The molecule has 0 aliphatic rings. The van der Waals surface area contributed by atoms with E-state index >= 15 is 0 Å². The predicted octanol–water partition coefficient (Wildman–Crippen LogP) is 2.95. The van der Waals surface area contributed by atoms with Gasteiger partial charge in [-0.3, -0.25) is 0 Å². The van der Waals surface area contributed by atoms with Crippen molar-refractivity contribution in [2.75, 3.05) is 6.61 Å². The van der Waals surface area contributed by atoms with Crippen LogP contribution >= 0.6 is 0 Å². The zero-order valence-electron chi connectivity index (χ0n) is 8.34. The fourth-order valence-corrected chi connectivity index (χ4v) is 1.43. The Bertz CT molecular complexity index is 137. The first kappa shape index (κ1) is 11.3. The van der Waals surface area contributed by atoms with Crippen LogP contribution in [0.3, 0.4) is 0 Å².